The van der Waals surface area contributed by atoms with Gasteiger partial charge in [0.2, 0.25) is 5.91 Å². The lowest BCUT2D eigenvalue weighted by Crippen LogP contribution is -2.46. The predicted octanol–water partition coefficient (Wildman–Crippen LogP) is 0.972. The van der Waals surface area contributed by atoms with Gasteiger partial charge in [0.05, 0.1) is 24.2 Å². The molecule has 2 heterocycles. The number of carbonyl (C=O) groups excluding carboxylic acids is 1. The highest BCUT2D eigenvalue weighted by Crippen LogP contribution is 2.35. The van der Waals surface area contributed by atoms with E-state index >= 15 is 0 Å². The molecule has 1 amide bonds. The zero-order chi connectivity index (χ0) is 11.1. The van der Waals surface area contributed by atoms with E-state index in [2.05, 4.69) is 5.32 Å². The van der Waals surface area contributed by atoms with Gasteiger partial charge in [0.15, 0.2) is 0 Å². The van der Waals surface area contributed by atoms with Crippen molar-refractivity contribution in [2.24, 2.45) is 11.7 Å². The molecular weight excluding hydrogens is 240 g/mol. The number of nitrogens with two attached hydrogens (primary N) is 1. The van der Waals surface area contributed by atoms with Crippen LogP contribution in [0.2, 0.25) is 0 Å². The van der Waals surface area contributed by atoms with Crippen LogP contribution in [0.4, 0.5) is 0 Å². The Morgan fingerprint density at radius 2 is 2.06 bits per heavy atom. The van der Waals surface area contributed by atoms with Crippen molar-refractivity contribution in [2.45, 2.75) is 62.8 Å². The molecule has 98 valence electrons. The van der Waals surface area contributed by atoms with Crippen LogP contribution in [0.3, 0.4) is 0 Å². The molecule has 5 atom stereocenters. The van der Waals surface area contributed by atoms with Gasteiger partial charge >= 0.3 is 0 Å². The maximum Gasteiger partial charge on any atom is 0.224 e. The second kappa shape index (κ2) is 5.12. The number of ether oxygens (including phenoxy) is 1. The number of carbonyl (C=O) groups is 1. The molecule has 3 N–H and O–H groups in total. The summed E-state index contributed by atoms with van der Waals surface area (Å²) in [5.41, 5.74) is 5.94. The van der Waals surface area contributed by atoms with Crippen molar-refractivity contribution in [1.82, 2.24) is 5.32 Å². The SMILES string of the molecule is Cl.NC1CCCC1C(=O)NC1CC2CCC1O2. The molecule has 3 fully saturated rings. The standard InChI is InChI=1S/C12H20N2O2.ClH/c13-9-3-1-2-8(9)12(15)14-10-6-7-4-5-11(10)16-7;/h7-11H,1-6,13H2,(H,14,15);1H. The smallest absolute Gasteiger partial charge is 0.224 e. The summed E-state index contributed by atoms with van der Waals surface area (Å²) in [6.07, 6.45) is 6.97. The van der Waals surface area contributed by atoms with Gasteiger partial charge in [-0.15, -0.1) is 12.4 Å². The van der Waals surface area contributed by atoms with Crippen molar-refractivity contribution < 1.29 is 9.53 Å². The lowest BCUT2D eigenvalue weighted by Gasteiger charge is -2.23. The minimum Gasteiger partial charge on any atom is -0.373 e. The second-order valence-electron chi connectivity index (χ2n) is 5.43. The molecule has 3 rings (SSSR count). The first-order valence-electron chi connectivity index (χ1n) is 6.45. The summed E-state index contributed by atoms with van der Waals surface area (Å²) in [4.78, 5) is 12.0. The zero-order valence-corrected chi connectivity index (χ0v) is 10.7. The molecule has 4 nitrogen and oxygen atoms in total. The number of halogens is 1. The Morgan fingerprint density at radius 3 is 2.59 bits per heavy atom. The van der Waals surface area contributed by atoms with Crippen LogP contribution in [0.1, 0.15) is 38.5 Å². The minimum absolute atomic E-state index is 0. The molecular formula is C12H21ClN2O2. The van der Waals surface area contributed by atoms with E-state index in [9.17, 15) is 4.79 Å². The topological polar surface area (TPSA) is 64.4 Å². The molecule has 2 bridgehead atoms. The van der Waals surface area contributed by atoms with Crippen LogP contribution in [0.15, 0.2) is 0 Å². The molecule has 3 aliphatic rings. The highest BCUT2D eigenvalue weighted by Gasteiger charge is 2.42. The van der Waals surface area contributed by atoms with E-state index in [0.717, 1.165) is 32.1 Å². The van der Waals surface area contributed by atoms with E-state index in [-0.39, 0.29) is 42.4 Å². The Hall–Kier alpha value is -0.320. The van der Waals surface area contributed by atoms with E-state index in [1.54, 1.807) is 0 Å². The van der Waals surface area contributed by atoms with Gasteiger partial charge in [0, 0.05) is 6.04 Å². The van der Waals surface area contributed by atoms with E-state index in [1.807, 2.05) is 0 Å². The molecule has 1 saturated carbocycles. The van der Waals surface area contributed by atoms with Crippen molar-refractivity contribution in [3.8, 4) is 0 Å². The molecule has 2 saturated heterocycles. The summed E-state index contributed by atoms with van der Waals surface area (Å²) < 4.78 is 5.73. The monoisotopic (exact) mass is 260 g/mol. The van der Waals surface area contributed by atoms with E-state index in [4.69, 9.17) is 10.5 Å². The summed E-state index contributed by atoms with van der Waals surface area (Å²) >= 11 is 0. The van der Waals surface area contributed by atoms with Gasteiger partial charge in [-0.2, -0.15) is 0 Å². The fourth-order valence-electron chi connectivity index (χ4n) is 3.39. The summed E-state index contributed by atoms with van der Waals surface area (Å²) in [6, 6.07) is 0.318. The van der Waals surface area contributed by atoms with Crippen LogP contribution < -0.4 is 11.1 Å². The summed E-state index contributed by atoms with van der Waals surface area (Å²) in [5.74, 6) is 0.199. The van der Waals surface area contributed by atoms with Crippen LogP contribution in [-0.2, 0) is 9.53 Å². The number of amides is 1. The van der Waals surface area contributed by atoms with Gasteiger partial charge in [-0.25, -0.2) is 0 Å². The second-order valence-corrected chi connectivity index (χ2v) is 5.43. The van der Waals surface area contributed by atoms with Crippen molar-refractivity contribution in [3.05, 3.63) is 0 Å². The van der Waals surface area contributed by atoms with E-state index in [0.29, 0.717) is 6.10 Å². The molecule has 0 aromatic rings. The van der Waals surface area contributed by atoms with Gasteiger partial charge in [0.1, 0.15) is 0 Å². The third kappa shape index (κ3) is 2.44. The first-order chi connectivity index (χ1) is 7.74. The summed E-state index contributed by atoms with van der Waals surface area (Å²) in [5, 5.41) is 3.14. The maximum absolute atomic E-state index is 12.0. The predicted molar refractivity (Wildman–Crippen MR) is 67.0 cm³/mol. The Kier molecular flexibility index (Phi) is 3.95. The molecule has 2 aliphatic heterocycles. The summed E-state index contributed by atoms with van der Waals surface area (Å²) in [7, 11) is 0. The number of nitrogens with one attached hydrogen (secondary N) is 1. The van der Waals surface area contributed by atoms with Crippen LogP contribution in [0.5, 0.6) is 0 Å². The number of hydrogen-bond donors (Lipinski definition) is 2. The first-order valence-corrected chi connectivity index (χ1v) is 6.45. The van der Waals surface area contributed by atoms with Crippen LogP contribution in [0, 0.1) is 5.92 Å². The average molecular weight is 261 g/mol. The Balaban J connectivity index is 0.00000108. The molecule has 0 aromatic carbocycles. The maximum atomic E-state index is 12.0. The number of hydrogen-bond acceptors (Lipinski definition) is 3. The minimum atomic E-state index is 0. The number of fused-ring (bicyclic) bond motifs is 2. The summed E-state index contributed by atoms with van der Waals surface area (Å²) in [6.45, 7) is 0. The Morgan fingerprint density at radius 1 is 1.24 bits per heavy atom. The molecule has 17 heavy (non-hydrogen) atoms. The number of rotatable bonds is 2. The lowest BCUT2D eigenvalue weighted by molar-refractivity contribution is -0.126. The average Bonchev–Trinajstić information content (AvgIpc) is 2.92. The largest absolute Gasteiger partial charge is 0.373 e. The normalized spacial score (nSPS) is 43.5. The third-order valence-corrected chi connectivity index (χ3v) is 4.34. The Labute approximate surface area is 108 Å². The zero-order valence-electron chi connectivity index (χ0n) is 9.93. The van der Waals surface area contributed by atoms with Crippen LogP contribution >= 0.6 is 12.4 Å². The van der Waals surface area contributed by atoms with Gasteiger partial charge in [-0.05, 0) is 32.1 Å². The fraction of sp³-hybridized carbons (Fsp3) is 0.917. The quantitative estimate of drug-likeness (QED) is 0.778. The van der Waals surface area contributed by atoms with Gasteiger partial charge < -0.3 is 15.8 Å². The molecule has 0 aromatic heterocycles. The fourth-order valence-corrected chi connectivity index (χ4v) is 3.39. The van der Waals surface area contributed by atoms with Crippen molar-refractivity contribution in [1.29, 1.82) is 0 Å². The van der Waals surface area contributed by atoms with Gasteiger partial charge in [0.25, 0.3) is 0 Å². The molecule has 0 spiro atoms. The van der Waals surface area contributed by atoms with E-state index < -0.39 is 0 Å². The lowest BCUT2D eigenvalue weighted by atomic mass is 9.94. The van der Waals surface area contributed by atoms with Crippen molar-refractivity contribution in [2.75, 3.05) is 0 Å². The highest BCUT2D eigenvalue weighted by atomic mass is 35.5. The van der Waals surface area contributed by atoms with Gasteiger partial charge in [-0.3, -0.25) is 4.79 Å². The van der Waals surface area contributed by atoms with Crippen molar-refractivity contribution >= 4 is 18.3 Å². The van der Waals surface area contributed by atoms with Crippen molar-refractivity contribution in [3.63, 3.8) is 0 Å². The van der Waals surface area contributed by atoms with Crippen LogP contribution in [-0.4, -0.2) is 30.2 Å². The molecule has 0 radical (unpaired) electrons. The van der Waals surface area contributed by atoms with E-state index in [1.165, 1.54) is 6.42 Å². The first kappa shape index (κ1) is 13.1. The van der Waals surface area contributed by atoms with Gasteiger partial charge in [-0.1, -0.05) is 6.42 Å². The highest BCUT2D eigenvalue weighted by molar-refractivity contribution is 5.85. The Bertz CT molecular complexity index is 300. The molecule has 1 aliphatic carbocycles. The molecule has 5 heteroatoms. The molecule has 5 unspecified atom stereocenters. The van der Waals surface area contributed by atoms with Crippen LogP contribution in [0.25, 0.3) is 0 Å². The third-order valence-electron chi connectivity index (χ3n) is 4.34.